The Morgan fingerprint density at radius 2 is 2.00 bits per heavy atom. The second-order valence-corrected chi connectivity index (χ2v) is 7.15. The lowest BCUT2D eigenvalue weighted by Gasteiger charge is -2.21. The molecule has 0 radical (unpaired) electrons. The van der Waals surface area contributed by atoms with Crippen molar-refractivity contribution in [2.75, 3.05) is 6.61 Å². The summed E-state index contributed by atoms with van der Waals surface area (Å²) in [6.07, 6.45) is 4.52. The van der Waals surface area contributed by atoms with Crippen LogP contribution in [-0.2, 0) is 24.0 Å². The molecule has 1 aliphatic heterocycles. The fourth-order valence-corrected chi connectivity index (χ4v) is 3.27. The van der Waals surface area contributed by atoms with Crippen molar-refractivity contribution in [2.45, 2.75) is 38.3 Å². The van der Waals surface area contributed by atoms with E-state index in [1.807, 2.05) is 36.4 Å². The third kappa shape index (κ3) is 4.12. The largest absolute Gasteiger partial charge is 0.340 e. The van der Waals surface area contributed by atoms with Gasteiger partial charge in [-0.3, -0.25) is 4.18 Å². The van der Waals surface area contributed by atoms with Gasteiger partial charge in [-0.25, -0.2) is 5.14 Å². The maximum absolute atomic E-state index is 11.1. The Balaban J connectivity index is 1.84. The second-order valence-electron chi connectivity index (χ2n) is 5.93. The average Bonchev–Trinajstić information content (AvgIpc) is 2.98. The summed E-state index contributed by atoms with van der Waals surface area (Å²) < 4.78 is 39.0. The van der Waals surface area contributed by atoms with Gasteiger partial charge >= 0.3 is 10.3 Å². The van der Waals surface area contributed by atoms with Crippen molar-refractivity contribution in [1.29, 1.82) is 0 Å². The van der Waals surface area contributed by atoms with Crippen molar-refractivity contribution in [3.8, 4) is 0 Å². The molecule has 1 saturated heterocycles. The standard InChI is InChI=1S/C17H21NO5S/c1-12-7-5-6-10-14(12)16-15(11-21-24(18,19)20)22-17(23-16)13-8-3-2-4-9-13/h2-4,6,8-10,15-17H,5,7,11H2,1H3,(H2,18,19,20). The summed E-state index contributed by atoms with van der Waals surface area (Å²) >= 11 is 0. The van der Waals surface area contributed by atoms with Gasteiger partial charge in [-0.2, -0.15) is 8.42 Å². The summed E-state index contributed by atoms with van der Waals surface area (Å²) in [4.78, 5) is 0. The van der Waals surface area contributed by atoms with Gasteiger partial charge in [-0.15, -0.1) is 0 Å². The maximum Gasteiger partial charge on any atom is 0.333 e. The van der Waals surface area contributed by atoms with Crippen LogP contribution >= 0.6 is 0 Å². The van der Waals surface area contributed by atoms with E-state index in [1.54, 1.807) is 0 Å². The molecule has 24 heavy (non-hydrogen) atoms. The van der Waals surface area contributed by atoms with Gasteiger partial charge in [-0.05, 0) is 25.3 Å². The van der Waals surface area contributed by atoms with Crippen molar-refractivity contribution >= 4 is 10.3 Å². The molecule has 7 heteroatoms. The molecule has 2 aliphatic rings. The van der Waals surface area contributed by atoms with E-state index in [1.165, 1.54) is 5.57 Å². The summed E-state index contributed by atoms with van der Waals surface area (Å²) in [5.41, 5.74) is 3.10. The monoisotopic (exact) mass is 351 g/mol. The number of nitrogens with two attached hydrogens (primary N) is 1. The van der Waals surface area contributed by atoms with E-state index in [4.69, 9.17) is 18.8 Å². The predicted octanol–water partition coefficient (Wildman–Crippen LogP) is 2.36. The van der Waals surface area contributed by atoms with Gasteiger partial charge in [-0.1, -0.05) is 48.1 Å². The van der Waals surface area contributed by atoms with Gasteiger partial charge in [0, 0.05) is 5.56 Å². The first kappa shape index (κ1) is 17.3. The van der Waals surface area contributed by atoms with Gasteiger partial charge in [0.2, 0.25) is 0 Å². The molecule has 0 saturated carbocycles. The molecule has 1 aromatic rings. The first-order valence-electron chi connectivity index (χ1n) is 7.83. The number of rotatable bonds is 5. The van der Waals surface area contributed by atoms with Crippen LogP contribution in [0.5, 0.6) is 0 Å². The van der Waals surface area contributed by atoms with Crippen LogP contribution in [0.4, 0.5) is 0 Å². The van der Waals surface area contributed by atoms with E-state index in [2.05, 4.69) is 13.0 Å². The maximum atomic E-state index is 11.1. The van der Waals surface area contributed by atoms with E-state index in [9.17, 15) is 8.42 Å². The molecule has 130 valence electrons. The van der Waals surface area contributed by atoms with Crippen LogP contribution in [-0.4, -0.2) is 27.2 Å². The highest BCUT2D eigenvalue weighted by atomic mass is 32.2. The molecule has 1 fully saturated rings. The topological polar surface area (TPSA) is 87.8 Å². The third-order valence-electron chi connectivity index (χ3n) is 4.16. The third-order valence-corrected chi connectivity index (χ3v) is 4.62. The highest BCUT2D eigenvalue weighted by Crippen LogP contribution is 2.37. The number of hydrogen-bond acceptors (Lipinski definition) is 5. The van der Waals surface area contributed by atoms with Crippen LogP contribution in [0, 0.1) is 0 Å². The summed E-state index contributed by atoms with van der Waals surface area (Å²) in [6, 6.07) is 9.52. The lowest BCUT2D eigenvalue weighted by molar-refractivity contribution is -0.0698. The van der Waals surface area contributed by atoms with Crippen molar-refractivity contribution in [3.63, 3.8) is 0 Å². The minimum Gasteiger partial charge on any atom is -0.340 e. The number of benzene rings is 1. The van der Waals surface area contributed by atoms with E-state index >= 15 is 0 Å². The molecule has 3 atom stereocenters. The number of allylic oxidation sites excluding steroid dienone is 2. The van der Waals surface area contributed by atoms with Crippen LogP contribution in [0.2, 0.25) is 0 Å². The molecule has 6 nitrogen and oxygen atoms in total. The van der Waals surface area contributed by atoms with Crippen LogP contribution in [0.15, 0.2) is 53.6 Å². The smallest absolute Gasteiger partial charge is 0.333 e. The molecule has 0 bridgehead atoms. The molecule has 1 heterocycles. The Kier molecular flexibility index (Phi) is 5.17. The lowest BCUT2D eigenvalue weighted by atomic mass is 9.93. The van der Waals surface area contributed by atoms with E-state index < -0.39 is 28.8 Å². The van der Waals surface area contributed by atoms with Gasteiger partial charge < -0.3 is 9.47 Å². The summed E-state index contributed by atoms with van der Waals surface area (Å²) in [5.74, 6) is 0. The van der Waals surface area contributed by atoms with Gasteiger partial charge in [0.15, 0.2) is 6.29 Å². The summed E-state index contributed by atoms with van der Waals surface area (Å²) in [7, 11) is -4.03. The van der Waals surface area contributed by atoms with E-state index in [-0.39, 0.29) is 6.61 Å². The normalized spacial score (nSPS) is 27.7. The number of hydrogen-bond donors (Lipinski definition) is 1. The average molecular weight is 351 g/mol. The van der Waals surface area contributed by atoms with Gasteiger partial charge in [0.1, 0.15) is 12.2 Å². The molecule has 1 aromatic carbocycles. The molecular formula is C17H21NO5S. The zero-order chi connectivity index (χ0) is 17.2. The second kappa shape index (κ2) is 7.16. The van der Waals surface area contributed by atoms with Crippen LogP contribution in [0.1, 0.15) is 31.6 Å². The summed E-state index contributed by atoms with van der Waals surface area (Å²) in [6.45, 7) is 1.87. The zero-order valence-electron chi connectivity index (χ0n) is 13.4. The van der Waals surface area contributed by atoms with E-state index in [0.717, 1.165) is 24.0 Å². The predicted molar refractivity (Wildman–Crippen MR) is 89.1 cm³/mol. The minimum absolute atomic E-state index is 0.183. The van der Waals surface area contributed by atoms with E-state index in [0.29, 0.717) is 0 Å². The van der Waals surface area contributed by atoms with Gasteiger partial charge in [0.05, 0.1) is 6.61 Å². The van der Waals surface area contributed by atoms with Gasteiger partial charge in [0.25, 0.3) is 0 Å². The highest BCUT2D eigenvalue weighted by Gasteiger charge is 2.40. The molecule has 0 amide bonds. The molecule has 0 aromatic heterocycles. The van der Waals surface area contributed by atoms with Crippen molar-refractivity contribution < 1.29 is 22.1 Å². The fourth-order valence-electron chi connectivity index (χ4n) is 2.95. The lowest BCUT2D eigenvalue weighted by Crippen LogP contribution is -2.32. The van der Waals surface area contributed by atoms with Crippen LogP contribution in [0.25, 0.3) is 0 Å². The SMILES string of the molecule is CC1=C(C2OC(c3ccccc3)OC2COS(N)(=O)=O)C=CCC1. The highest BCUT2D eigenvalue weighted by molar-refractivity contribution is 7.84. The fraction of sp³-hybridized carbons (Fsp3) is 0.412. The minimum atomic E-state index is -4.03. The van der Waals surface area contributed by atoms with Crippen molar-refractivity contribution in [1.82, 2.24) is 0 Å². The molecule has 2 N–H and O–H groups in total. The first-order valence-corrected chi connectivity index (χ1v) is 9.30. The molecule has 0 spiro atoms. The van der Waals surface area contributed by atoms with Crippen molar-refractivity contribution in [3.05, 3.63) is 59.2 Å². The quantitative estimate of drug-likeness (QED) is 0.880. The van der Waals surface area contributed by atoms with Crippen LogP contribution < -0.4 is 5.14 Å². The Hall–Kier alpha value is -1.51. The first-order chi connectivity index (χ1) is 11.4. The Bertz CT molecular complexity index is 742. The van der Waals surface area contributed by atoms with Crippen molar-refractivity contribution in [2.24, 2.45) is 5.14 Å². The molecule has 1 aliphatic carbocycles. The number of ether oxygens (including phenoxy) is 2. The Labute approximate surface area is 142 Å². The molecule has 3 rings (SSSR count). The Morgan fingerprint density at radius 1 is 1.25 bits per heavy atom. The molecule has 3 unspecified atom stereocenters. The molecular weight excluding hydrogens is 330 g/mol. The Morgan fingerprint density at radius 3 is 2.67 bits per heavy atom. The summed E-state index contributed by atoms with van der Waals surface area (Å²) in [5, 5.41) is 4.94. The zero-order valence-corrected chi connectivity index (χ0v) is 14.2. The van der Waals surface area contributed by atoms with Crippen LogP contribution in [0.3, 0.4) is 0 Å².